The van der Waals surface area contributed by atoms with Crippen LogP contribution in [0.5, 0.6) is 5.75 Å². The summed E-state index contributed by atoms with van der Waals surface area (Å²) in [7, 11) is 0. The van der Waals surface area contributed by atoms with Crippen molar-refractivity contribution in [3.8, 4) is 5.75 Å². The van der Waals surface area contributed by atoms with Crippen molar-refractivity contribution < 1.29 is 23.5 Å². The lowest BCUT2D eigenvalue weighted by molar-refractivity contribution is 0.0706. The predicted molar refractivity (Wildman–Crippen MR) is 91.3 cm³/mol. The molecule has 7 nitrogen and oxygen atoms in total. The molecular weight excluding hydrogens is 344 g/mol. The quantitative estimate of drug-likeness (QED) is 0.476. The summed E-state index contributed by atoms with van der Waals surface area (Å²) in [5.74, 6) is 0.0553. The number of hydroxylamine groups is 1. The minimum atomic E-state index is -2.13. The molecule has 1 atom stereocenters. The number of carbonyl (C=O) groups excluding carboxylic acids is 1. The van der Waals surface area contributed by atoms with Crippen molar-refractivity contribution in [2.75, 3.05) is 18.1 Å². The van der Waals surface area contributed by atoms with Crippen LogP contribution in [0.25, 0.3) is 0 Å². The average Bonchev–Trinajstić information content (AvgIpc) is 2.61. The Balaban J connectivity index is 1.85. The molecule has 1 unspecified atom stereocenters. The Labute approximate surface area is 147 Å². The number of hydrogen-bond acceptors (Lipinski definition) is 6. The Morgan fingerprint density at radius 3 is 2.84 bits per heavy atom. The Morgan fingerprint density at radius 1 is 1.28 bits per heavy atom. The number of carbonyl (C=O) groups is 1. The van der Waals surface area contributed by atoms with Gasteiger partial charge < -0.3 is 14.2 Å². The van der Waals surface area contributed by atoms with Crippen LogP contribution in [0.15, 0.2) is 42.5 Å². The van der Waals surface area contributed by atoms with Gasteiger partial charge in [0.05, 0.1) is 12.2 Å². The van der Waals surface area contributed by atoms with Gasteiger partial charge >= 0.3 is 0 Å². The van der Waals surface area contributed by atoms with E-state index >= 15 is 0 Å². The van der Waals surface area contributed by atoms with E-state index in [4.69, 9.17) is 9.94 Å². The van der Waals surface area contributed by atoms with Crippen LogP contribution in [0.4, 0.5) is 5.69 Å². The van der Waals surface area contributed by atoms with Gasteiger partial charge in [-0.2, -0.15) is 0 Å². The fourth-order valence-electron chi connectivity index (χ4n) is 2.82. The minimum Gasteiger partial charge on any atom is -0.772 e. The number of hydrogen-bond donors (Lipinski definition) is 2. The summed E-state index contributed by atoms with van der Waals surface area (Å²) in [6, 6.07) is 12.3. The average molecular weight is 361 g/mol. The summed E-state index contributed by atoms with van der Waals surface area (Å²) in [6.45, 7) is 1.71. The van der Waals surface area contributed by atoms with E-state index in [2.05, 4.69) is 4.90 Å². The van der Waals surface area contributed by atoms with Crippen LogP contribution in [0.2, 0.25) is 0 Å². The van der Waals surface area contributed by atoms with Crippen LogP contribution in [-0.2, 0) is 23.4 Å². The molecule has 2 N–H and O–H groups in total. The third-order valence-electron chi connectivity index (χ3n) is 3.93. The van der Waals surface area contributed by atoms with E-state index in [-0.39, 0.29) is 5.75 Å². The van der Waals surface area contributed by atoms with Crippen molar-refractivity contribution in [1.29, 1.82) is 0 Å². The second kappa shape index (κ2) is 7.64. The molecule has 0 radical (unpaired) electrons. The van der Waals surface area contributed by atoms with Crippen LogP contribution in [0.3, 0.4) is 0 Å². The highest BCUT2D eigenvalue weighted by Gasteiger charge is 2.20. The van der Waals surface area contributed by atoms with Gasteiger partial charge in [-0.25, -0.2) is 5.48 Å². The first-order valence-electron chi connectivity index (χ1n) is 7.67. The van der Waals surface area contributed by atoms with Crippen molar-refractivity contribution in [2.45, 2.75) is 12.3 Å². The second-order valence-corrected chi connectivity index (χ2v) is 6.56. The summed E-state index contributed by atoms with van der Waals surface area (Å²) in [4.78, 5) is 13.7. The number of rotatable bonds is 5. The van der Waals surface area contributed by atoms with Gasteiger partial charge in [0.2, 0.25) is 0 Å². The van der Waals surface area contributed by atoms with Gasteiger partial charge in [-0.1, -0.05) is 35.3 Å². The standard InChI is InChI=1S/C17H18N2O5S/c20-17(18-21)14-4-5-16-15(9-14)19(6-7-24-16)10-12-2-1-3-13(8-12)11-25(22)23/h1-5,8-9,21H,6-7,10-11H2,(H,18,20)(H,22,23)/p-1. The lowest BCUT2D eigenvalue weighted by Gasteiger charge is -2.31. The molecule has 0 spiro atoms. The fraction of sp³-hybridized carbons (Fsp3) is 0.235. The third-order valence-corrected chi connectivity index (χ3v) is 4.50. The molecule has 1 aliphatic heterocycles. The van der Waals surface area contributed by atoms with Crippen LogP contribution in [-0.4, -0.2) is 33.0 Å². The summed E-state index contributed by atoms with van der Waals surface area (Å²) in [5.41, 5.74) is 4.40. The van der Waals surface area contributed by atoms with Gasteiger partial charge in [-0.05, 0) is 29.3 Å². The maximum Gasteiger partial charge on any atom is 0.274 e. The Bertz CT molecular complexity index is 811. The number of fused-ring (bicyclic) bond motifs is 1. The molecule has 0 saturated carbocycles. The van der Waals surface area contributed by atoms with E-state index in [1.807, 2.05) is 18.2 Å². The molecule has 0 aromatic heterocycles. The van der Waals surface area contributed by atoms with Gasteiger partial charge in [-0.15, -0.1) is 0 Å². The topological polar surface area (TPSA) is 102 Å². The van der Waals surface area contributed by atoms with Gasteiger partial charge in [0.1, 0.15) is 12.4 Å². The number of amides is 1. The van der Waals surface area contributed by atoms with E-state index in [0.717, 1.165) is 16.8 Å². The molecule has 1 aliphatic rings. The number of ether oxygens (including phenoxy) is 1. The molecular formula is C17H17N2O5S-. The maximum absolute atomic E-state index is 11.6. The van der Waals surface area contributed by atoms with Crippen LogP contribution in [0, 0.1) is 0 Å². The van der Waals surface area contributed by atoms with Gasteiger partial charge in [0.25, 0.3) is 5.91 Å². The van der Waals surface area contributed by atoms with Crippen molar-refractivity contribution >= 4 is 22.7 Å². The highest BCUT2D eigenvalue weighted by atomic mass is 32.2. The van der Waals surface area contributed by atoms with Crippen molar-refractivity contribution in [3.05, 3.63) is 59.2 Å². The van der Waals surface area contributed by atoms with Crippen LogP contribution < -0.4 is 15.1 Å². The Kier molecular flexibility index (Phi) is 5.32. The predicted octanol–water partition coefficient (Wildman–Crippen LogP) is 1.58. The monoisotopic (exact) mass is 361 g/mol. The van der Waals surface area contributed by atoms with Crippen molar-refractivity contribution in [3.63, 3.8) is 0 Å². The number of nitrogens with zero attached hydrogens (tertiary/aromatic N) is 1. The van der Waals surface area contributed by atoms with E-state index in [1.54, 1.807) is 29.7 Å². The maximum atomic E-state index is 11.6. The van der Waals surface area contributed by atoms with Crippen molar-refractivity contribution in [2.24, 2.45) is 0 Å². The first-order valence-corrected chi connectivity index (χ1v) is 8.91. The summed E-state index contributed by atoms with van der Waals surface area (Å²) in [5, 5.41) is 8.80. The zero-order chi connectivity index (χ0) is 17.8. The Morgan fingerprint density at radius 2 is 2.08 bits per heavy atom. The molecule has 0 fully saturated rings. The number of anilines is 1. The lowest BCUT2D eigenvalue weighted by Crippen LogP contribution is -2.32. The van der Waals surface area contributed by atoms with Gasteiger partial charge in [0.15, 0.2) is 0 Å². The SMILES string of the molecule is O=C(NO)c1ccc2c(c1)N(Cc1cccc(CS(=O)[O-])c1)CCO2. The van der Waals surface area contributed by atoms with Crippen molar-refractivity contribution in [1.82, 2.24) is 5.48 Å². The van der Waals surface area contributed by atoms with Crippen LogP contribution in [0.1, 0.15) is 21.5 Å². The molecule has 132 valence electrons. The molecule has 8 heteroatoms. The largest absolute Gasteiger partial charge is 0.772 e. The smallest absolute Gasteiger partial charge is 0.274 e. The summed E-state index contributed by atoms with van der Waals surface area (Å²) in [6.07, 6.45) is 0. The summed E-state index contributed by atoms with van der Waals surface area (Å²) < 4.78 is 27.4. The first kappa shape index (κ1) is 17.4. The normalized spacial score (nSPS) is 14.4. The molecule has 2 aromatic carbocycles. The molecule has 0 aliphatic carbocycles. The van der Waals surface area contributed by atoms with Crippen LogP contribution >= 0.6 is 0 Å². The molecule has 1 amide bonds. The zero-order valence-electron chi connectivity index (χ0n) is 13.3. The van der Waals surface area contributed by atoms with Gasteiger partial charge in [0, 0.05) is 17.9 Å². The summed E-state index contributed by atoms with van der Waals surface area (Å²) >= 11 is -2.13. The highest BCUT2D eigenvalue weighted by molar-refractivity contribution is 7.78. The fourth-order valence-corrected chi connectivity index (χ4v) is 3.27. The Hall–Kier alpha value is -2.42. The van der Waals surface area contributed by atoms with E-state index < -0.39 is 17.0 Å². The first-order chi connectivity index (χ1) is 12.1. The van der Waals surface area contributed by atoms with Gasteiger partial charge in [-0.3, -0.25) is 14.2 Å². The zero-order valence-corrected chi connectivity index (χ0v) is 14.1. The molecule has 0 saturated heterocycles. The molecule has 2 aromatic rings. The second-order valence-electron chi connectivity index (χ2n) is 5.66. The minimum absolute atomic E-state index is 0.0195. The highest BCUT2D eigenvalue weighted by Crippen LogP contribution is 2.33. The molecule has 25 heavy (non-hydrogen) atoms. The number of benzene rings is 2. The van der Waals surface area contributed by atoms with E-state index in [1.165, 1.54) is 0 Å². The molecule has 0 bridgehead atoms. The third kappa shape index (κ3) is 4.16. The molecule has 1 heterocycles. The molecule has 3 rings (SSSR count). The number of nitrogens with one attached hydrogen (secondary N) is 1. The lowest BCUT2D eigenvalue weighted by atomic mass is 10.1. The van der Waals surface area contributed by atoms with E-state index in [9.17, 15) is 13.6 Å². The van der Waals surface area contributed by atoms with E-state index in [0.29, 0.717) is 31.0 Å².